The Bertz CT molecular complexity index is 1060. The van der Waals surface area contributed by atoms with Crippen molar-refractivity contribution in [3.63, 3.8) is 0 Å². The molecule has 3 fully saturated rings. The van der Waals surface area contributed by atoms with Gasteiger partial charge in [0, 0.05) is 31.5 Å². The summed E-state index contributed by atoms with van der Waals surface area (Å²) in [6.45, 7) is 7.66. The van der Waals surface area contributed by atoms with Crippen LogP contribution in [0.2, 0.25) is 0 Å². The maximum Gasteiger partial charge on any atom is 0.246 e. The Labute approximate surface area is 225 Å². The topological polar surface area (TPSA) is 97.0 Å². The Morgan fingerprint density at radius 1 is 1.13 bits per heavy atom. The summed E-state index contributed by atoms with van der Waals surface area (Å²) in [5.41, 5.74) is 0.745. The molecule has 0 radical (unpaired) electrons. The number of anilines is 1. The van der Waals surface area contributed by atoms with Gasteiger partial charge < -0.3 is 25.0 Å². The lowest BCUT2D eigenvalue weighted by atomic mass is 9.74. The lowest BCUT2D eigenvalue weighted by Gasteiger charge is -2.34. The summed E-state index contributed by atoms with van der Waals surface area (Å²) < 4.78 is 11.9. The zero-order chi connectivity index (χ0) is 26.9. The molecular formula is C30H41N3O5. The van der Waals surface area contributed by atoms with Crippen molar-refractivity contribution < 1.29 is 23.9 Å². The van der Waals surface area contributed by atoms with Crippen molar-refractivity contribution >= 4 is 23.4 Å². The van der Waals surface area contributed by atoms with Crippen molar-refractivity contribution in [1.29, 1.82) is 0 Å². The molecule has 2 saturated heterocycles. The van der Waals surface area contributed by atoms with Gasteiger partial charge in [0.15, 0.2) is 0 Å². The number of carbonyl (C=O) groups is 3. The third-order valence-electron chi connectivity index (χ3n) is 8.61. The summed E-state index contributed by atoms with van der Waals surface area (Å²) in [4.78, 5) is 43.0. The Morgan fingerprint density at radius 3 is 2.55 bits per heavy atom. The standard InChI is InChI=1S/C30H41N3O5/c1-4-37-18-8-17-33-26(28(35)32-21-9-6-5-7-10-21)30-16-15-23(38-30)24(25(30)29(33)36)27(34)31-22-13-11-20(12-14-22)19(2)3/h11-16,19,21,23-26H,4-10,17-18H2,1-3H3,(H,31,34)(H,32,35)/t23-,24+,25-,26+,30-/m0/s1. The van der Waals surface area contributed by atoms with Crippen LogP contribution >= 0.6 is 0 Å². The molecule has 38 heavy (non-hydrogen) atoms. The molecule has 8 nitrogen and oxygen atoms in total. The number of hydrogen-bond acceptors (Lipinski definition) is 5. The van der Waals surface area contributed by atoms with Crippen molar-refractivity contribution in [2.75, 3.05) is 25.1 Å². The average molecular weight is 524 g/mol. The van der Waals surface area contributed by atoms with E-state index in [4.69, 9.17) is 9.47 Å². The van der Waals surface area contributed by atoms with Crippen molar-refractivity contribution in [3.8, 4) is 0 Å². The number of rotatable bonds is 10. The molecule has 5 atom stereocenters. The lowest BCUT2D eigenvalue weighted by molar-refractivity contribution is -0.141. The SMILES string of the molecule is CCOCCCN1C(=O)[C@@H]2[C@H](C(=O)Nc3ccc(C(C)C)cc3)[C@@H]3C=C[C@@]2(O3)[C@H]1C(=O)NC1CCCCC1. The number of nitrogens with zero attached hydrogens (tertiary/aromatic N) is 1. The maximum absolute atomic E-state index is 13.9. The zero-order valence-corrected chi connectivity index (χ0v) is 22.8. The van der Waals surface area contributed by atoms with E-state index in [0.29, 0.717) is 37.8 Å². The van der Waals surface area contributed by atoms with E-state index in [1.54, 1.807) is 4.90 Å². The molecule has 1 spiro atoms. The first kappa shape index (κ1) is 26.9. The van der Waals surface area contributed by atoms with Gasteiger partial charge in [0.1, 0.15) is 11.6 Å². The number of fused-ring (bicyclic) bond motifs is 1. The molecule has 0 unspecified atom stereocenters. The number of benzene rings is 1. The fourth-order valence-electron chi connectivity index (χ4n) is 6.69. The monoisotopic (exact) mass is 523 g/mol. The quantitative estimate of drug-likeness (QED) is 0.359. The Morgan fingerprint density at radius 2 is 1.87 bits per heavy atom. The lowest BCUT2D eigenvalue weighted by Crippen LogP contribution is -2.56. The van der Waals surface area contributed by atoms with E-state index < -0.39 is 29.6 Å². The van der Waals surface area contributed by atoms with Gasteiger partial charge in [0.2, 0.25) is 17.7 Å². The van der Waals surface area contributed by atoms with E-state index in [1.807, 2.05) is 43.3 Å². The molecule has 4 aliphatic rings. The molecule has 1 aliphatic carbocycles. The molecule has 3 aliphatic heterocycles. The fourth-order valence-corrected chi connectivity index (χ4v) is 6.69. The third-order valence-corrected chi connectivity index (χ3v) is 8.61. The molecule has 2 N–H and O–H groups in total. The number of likely N-dealkylation sites (tertiary alicyclic amines) is 1. The Hall–Kier alpha value is -2.71. The number of nitrogens with one attached hydrogen (secondary N) is 2. The van der Waals surface area contributed by atoms with Crippen molar-refractivity contribution in [3.05, 3.63) is 42.0 Å². The number of carbonyl (C=O) groups excluding carboxylic acids is 3. The second-order valence-corrected chi connectivity index (χ2v) is 11.4. The highest BCUT2D eigenvalue weighted by atomic mass is 16.5. The second-order valence-electron chi connectivity index (χ2n) is 11.4. The van der Waals surface area contributed by atoms with Crippen molar-refractivity contribution in [1.82, 2.24) is 10.2 Å². The minimum atomic E-state index is -1.13. The predicted molar refractivity (Wildman–Crippen MR) is 145 cm³/mol. The zero-order valence-electron chi connectivity index (χ0n) is 22.8. The highest BCUT2D eigenvalue weighted by molar-refractivity contribution is 6.02. The van der Waals surface area contributed by atoms with Gasteiger partial charge in [-0.05, 0) is 49.8 Å². The van der Waals surface area contributed by atoms with Crippen molar-refractivity contribution in [2.45, 2.75) is 89.0 Å². The summed E-state index contributed by atoms with van der Waals surface area (Å²) in [5.74, 6) is -1.65. The van der Waals surface area contributed by atoms with Gasteiger partial charge in [-0.2, -0.15) is 0 Å². The highest BCUT2D eigenvalue weighted by Gasteiger charge is 2.72. The van der Waals surface area contributed by atoms with Gasteiger partial charge in [-0.1, -0.05) is 57.4 Å². The van der Waals surface area contributed by atoms with Crippen LogP contribution in [0.15, 0.2) is 36.4 Å². The van der Waals surface area contributed by atoms with Crippen LogP contribution in [-0.2, 0) is 23.9 Å². The predicted octanol–water partition coefficient (Wildman–Crippen LogP) is 3.77. The molecule has 5 rings (SSSR count). The number of hydrogen-bond donors (Lipinski definition) is 2. The van der Waals surface area contributed by atoms with Crippen LogP contribution < -0.4 is 10.6 Å². The summed E-state index contributed by atoms with van der Waals surface area (Å²) in [6, 6.07) is 7.11. The minimum absolute atomic E-state index is 0.113. The van der Waals surface area contributed by atoms with Crippen molar-refractivity contribution in [2.24, 2.45) is 11.8 Å². The van der Waals surface area contributed by atoms with E-state index >= 15 is 0 Å². The minimum Gasteiger partial charge on any atom is -0.382 e. The van der Waals surface area contributed by atoms with Crippen LogP contribution in [-0.4, -0.2) is 66.2 Å². The molecule has 3 amide bonds. The van der Waals surface area contributed by atoms with Gasteiger partial charge in [-0.15, -0.1) is 0 Å². The second kappa shape index (κ2) is 11.2. The smallest absolute Gasteiger partial charge is 0.246 e. The van der Waals surface area contributed by atoms with Gasteiger partial charge >= 0.3 is 0 Å². The van der Waals surface area contributed by atoms with E-state index in [1.165, 1.54) is 12.0 Å². The van der Waals surface area contributed by atoms with E-state index in [2.05, 4.69) is 24.5 Å². The van der Waals surface area contributed by atoms with Crippen LogP contribution in [0, 0.1) is 11.8 Å². The maximum atomic E-state index is 13.9. The van der Waals surface area contributed by atoms with E-state index in [-0.39, 0.29) is 23.8 Å². The molecule has 206 valence electrons. The molecule has 0 aromatic heterocycles. The molecule has 3 heterocycles. The van der Waals surface area contributed by atoms with Gasteiger partial charge in [0.05, 0.1) is 17.9 Å². The third kappa shape index (κ3) is 4.89. The van der Waals surface area contributed by atoms with Crippen LogP contribution in [0.5, 0.6) is 0 Å². The first-order valence-electron chi connectivity index (χ1n) is 14.3. The number of amides is 3. The van der Waals surface area contributed by atoms with Gasteiger partial charge in [-0.3, -0.25) is 14.4 Å². The normalized spacial score (nSPS) is 30.2. The molecular weight excluding hydrogens is 482 g/mol. The molecule has 1 aromatic rings. The molecule has 1 saturated carbocycles. The first-order valence-corrected chi connectivity index (χ1v) is 14.3. The van der Waals surface area contributed by atoms with Gasteiger partial charge in [-0.25, -0.2) is 0 Å². The summed E-state index contributed by atoms with van der Waals surface area (Å²) in [7, 11) is 0. The molecule has 8 heteroatoms. The van der Waals surface area contributed by atoms with Crippen LogP contribution in [0.1, 0.15) is 70.8 Å². The summed E-state index contributed by atoms with van der Waals surface area (Å²) in [6.07, 6.45) is 9.10. The van der Waals surface area contributed by atoms with Crippen LogP contribution in [0.25, 0.3) is 0 Å². The van der Waals surface area contributed by atoms with Crippen LogP contribution in [0.3, 0.4) is 0 Å². The van der Waals surface area contributed by atoms with Gasteiger partial charge in [0.25, 0.3) is 0 Å². The Kier molecular flexibility index (Phi) is 7.91. The molecule has 1 aromatic carbocycles. The molecule has 2 bridgehead atoms. The van der Waals surface area contributed by atoms with E-state index in [9.17, 15) is 14.4 Å². The van der Waals surface area contributed by atoms with E-state index in [0.717, 1.165) is 25.7 Å². The first-order chi connectivity index (χ1) is 18.4. The Balaban J connectivity index is 1.38. The highest BCUT2D eigenvalue weighted by Crippen LogP contribution is 2.55. The van der Waals surface area contributed by atoms with Crippen LogP contribution in [0.4, 0.5) is 5.69 Å². The summed E-state index contributed by atoms with van der Waals surface area (Å²) >= 11 is 0. The fraction of sp³-hybridized carbons (Fsp3) is 0.633. The summed E-state index contributed by atoms with van der Waals surface area (Å²) in [5, 5.41) is 6.23. The average Bonchev–Trinajstić information content (AvgIpc) is 3.55. The largest absolute Gasteiger partial charge is 0.382 e. The number of ether oxygens (including phenoxy) is 2.